The minimum atomic E-state index is -0.871. The van der Waals surface area contributed by atoms with Gasteiger partial charge in [0.15, 0.2) is 6.61 Å². The topological polar surface area (TPSA) is 89.4 Å². The number of carbonyl (C=O) groups is 3. The highest BCUT2D eigenvalue weighted by atomic mass is 16.5. The molecule has 0 saturated heterocycles. The molecule has 2 rings (SSSR count). The average molecular weight is 414 g/mol. The van der Waals surface area contributed by atoms with Crippen molar-refractivity contribution in [2.45, 2.75) is 53.6 Å². The van der Waals surface area contributed by atoms with Crippen molar-refractivity contribution in [1.82, 2.24) is 9.88 Å². The maximum atomic E-state index is 12.6. The third-order valence-corrected chi connectivity index (χ3v) is 4.89. The number of hydrogen-bond donors (Lipinski definition) is 2. The standard InChI is InChI=1S/C23H31N3O4/c1-14(2)21(25-23(29)24-18-10-8-7-9-11-18)22(28)30-13-20(27)19-12-16(5)26(15(3)4)17(19)6/h7-12,14-15,21H,13H2,1-6H3,(H2,24,25,29)/t21-/m0/s1. The average Bonchev–Trinajstić information content (AvgIpc) is 2.98. The molecule has 0 unspecified atom stereocenters. The van der Waals surface area contributed by atoms with E-state index in [2.05, 4.69) is 15.2 Å². The Morgan fingerprint density at radius 1 is 1.03 bits per heavy atom. The quantitative estimate of drug-likeness (QED) is 0.500. The summed E-state index contributed by atoms with van der Waals surface area (Å²) in [7, 11) is 0. The van der Waals surface area contributed by atoms with Gasteiger partial charge < -0.3 is 19.9 Å². The summed E-state index contributed by atoms with van der Waals surface area (Å²) in [6.45, 7) is 11.2. The van der Waals surface area contributed by atoms with Crippen molar-refractivity contribution in [2.75, 3.05) is 11.9 Å². The van der Waals surface area contributed by atoms with Crippen molar-refractivity contribution in [2.24, 2.45) is 5.92 Å². The molecule has 0 aliphatic rings. The third kappa shape index (κ3) is 5.72. The summed E-state index contributed by atoms with van der Waals surface area (Å²) in [5.74, 6) is -1.11. The fraction of sp³-hybridized carbons (Fsp3) is 0.435. The lowest BCUT2D eigenvalue weighted by molar-refractivity contribution is -0.145. The van der Waals surface area contributed by atoms with Gasteiger partial charge in [0, 0.05) is 28.7 Å². The lowest BCUT2D eigenvalue weighted by Crippen LogP contribution is -2.47. The van der Waals surface area contributed by atoms with Gasteiger partial charge in [0.25, 0.3) is 0 Å². The van der Waals surface area contributed by atoms with Gasteiger partial charge in [-0.25, -0.2) is 9.59 Å². The number of anilines is 1. The van der Waals surface area contributed by atoms with Crippen molar-refractivity contribution in [1.29, 1.82) is 0 Å². The van der Waals surface area contributed by atoms with Crippen LogP contribution in [0.5, 0.6) is 0 Å². The van der Waals surface area contributed by atoms with Crippen LogP contribution in [0.25, 0.3) is 0 Å². The molecule has 0 spiro atoms. The van der Waals surface area contributed by atoms with E-state index < -0.39 is 18.0 Å². The Balaban J connectivity index is 1.99. The number of aromatic nitrogens is 1. The Hall–Kier alpha value is -3.09. The molecule has 0 bridgehead atoms. The maximum Gasteiger partial charge on any atom is 0.329 e. The summed E-state index contributed by atoms with van der Waals surface area (Å²) in [5, 5.41) is 5.30. The number of urea groups is 1. The fourth-order valence-corrected chi connectivity index (χ4v) is 3.49. The molecule has 0 saturated carbocycles. The van der Waals surface area contributed by atoms with Gasteiger partial charge in [0.1, 0.15) is 6.04 Å². The second-order valence-electron chi connectivity index (χ2n) is 7.97. The van der Waals surface area contributed by atoms with Crippen LogP contribution >= 0.6 is 0 Å². The minimum Gasteiger partial charge on any atom is -0.456 e. The van der Waals surface area contributed by atoms with Crippen LogP contribution < -0.4 is 10.6 Å². The number of rotatable bonds is 8. The molecule has 2 amide bonds. The second-order valence-corrected chi connectivity index (χ2v) is 7.97. The van der Waals surface area contributed by atoms with Gasteiger partial charge in [0.05, 0.1) is 0 Å². The molecular weight excluding hydrogens is 382 g/mol. The number of nitrogens with one attached hydrogen (secondary N) is 2. The van der Waals surface area contributed by atoms with Crippen LogP contribution in [-0.2, 0) is 9.53 Å². The number of esters is 1. The highest BCUT2D eigenvalue weighted by Gasteiger charge is 2.27. The van der Waals surface area contributed by atoms with Crippen molar-refractivity contribution in [3.63, 3.8) is 0 Å². The molecular formula is C23H31N3O4. The largest absolute Gasteiger partial charge is 0.456 e. The fourth-order valence-electron chi connectivity index (χ4n) is 3.49. The van der Waals surface area contributed by atoms with E-state index >= 15 is 0 Å². The molecule has 2 aromatic rings. The summed E-state index contributed by atoms with van der Waals surface area (Å²) >= 11 is 0. The highest BCUT2D eigenvalue weighted by molar-refractivity contribution is 6.00. The first-order valence-electron chi connectivity index (χ1n) is 10.1. The normalized spacial score (nSPS) is 12.0. The summed E-state index contributed by atoms with van der Waals surface area (Å²) in [6, 6.07) is 9.59. The van der Waals surface area contributed by atoms with E-state index in [-0.39, 0.29) is 24.3 Å². The number of para-hydroxylation sites is 1. The molecule has 0 aliphatic carbocycles. The van der Waals surface area contributed by atoms with Gasteiger partial charge in [-0.1, -0.05) is 32.0 Å². The van der Waals surface area contributed by atoms with E-state index in [1.807, 2.05) is 39.8 Å². The Morgan fingerprint density at radius 2 is 1.67 bits per heavy atom. The van der Waals surface area contributed by atoms with Gasteiger partial charge in [0.2, 0.25) is 5.78 Å². The summed E-state index contributed by atoms with van der Waals surface area (Å²) in [5.41, 5.74) is 2.99. The number of nitrogens with zero attached hydrogens (tertiary/aromatic N) is 1. The van der Waals surface area contributed by atoms with E-state index in [1.165, 1.54) is 0 Å². The van der Waals surface area contributed by atoms with Gasteiger partial charge in [-0.05, 0) is 51.8 Å². The first-order chi connectivity index (χ1) is 14.1. The lowest BCUT2D eigenvalue weighted by atomic mass is 10.1. The van der Waals surface area contributed by atoms with Gasteiger partial charge >= 0.3 is 12.0 Å². The van der Waals surface area contributed by atoms with Crippen molar-refractivity contribution < 1.29 is 19.1 Å². The van der Waals surface area contributed by atoms with E-state index in [0.717, 1.165) is 11.4 Å². The van der Waals surface area contributed by atoms with Crippen molar-refractivity contribution >= 4 is 23.5 Å². The smallest absolute Gasteiger partial charge is 0.329 e. The molecule has 1 aromatic carbocycles. The summed E-state index contributed by atoms with van der Waals surface area (Å²) in [4.78, 5) is 37.4. The molecule has 162 valence electrons. The molecule has 0 aliphatic heterocycles. The highest BCUT2D eigenvalue weighted by Crippen LogP contribution is 2.20. The van der Waals surface area contributed by atoms with Crippen LogP contribution in [0, 0.1) is 19.8 Å². The molecule has 7 heteroatoms. The number of amides is 2. The van der Waals surface area contributed by atoms with Gasteiger partial charge in [-0.15, -0.1) is 0 Å². The van der Waals surface area contributed by atoms with E-state index in [0.29, 0.717) is 11.3 Å². The van der Waals surface area contributed by atoms with Crippen LogP contribution in [-0.4, -0.2) is 35.0 Å². The molecule has 1 heterocycles. The van der Waals surface area contributed by atoms with Gasteiger partial charge in [-0.2, -0.15) is 0 Å². The van der Waals surface area contributed by atoms with Crippen molar-refractivity contribution in [3.8, 4) is 0 Å². The van der Waals surface area contributed by atoms with Gasteiger partial charge in [-0.3, -0.25) is 4.79 Å². The Kier molecular flexibility index (Phi) is 7.80. The number of Topliss-reactive ketones (excluding diaryl/α,β-unsaturated/α-hetero) is 1. The molecule has 7 nitrogen and oxygen atoms in total. The zero-order valence-corrected chi connectivity index (χ0v) is 18.5. The van der Waals surface area contributed by atoms with Crippen LogP contribution in [0.2, 0.25) is 0 Å². The minimum absolute atomic E-state index is 0.208. The number of ether oxygens (including phenoxy) is 1. The molecule has 1 aromatic heterocycles. The molecule has 30 heavy (non-hydrogen) atoms. The second kappa shape index (κ2) is 10.1. The SMILES string of the molecule is Cc1cc(C(=O)COC(=O)[C@@H](NC(=O)Nc2ccccc2)C(C)C)c(C)n1C(C)C. The summed E-state index contributed by atoms with van der Waals surface area (Å²) < 4.78 is 7.33. The maximum absolute atomic E-state index is 12.6. The number of hydrogen-bond acceptors (Lipinski definition) is 4. The third-order valence-electron chi connectivity index (χ3n) is 4.89. The van der Waals surface area contributed by atoms with E-state index in [4.69, 9.17) is 4.74 Å². The molecule has 0 radical (unpaired) electrons. The van der Waals surface area contributed by atoms with Crippen LogP contribution in [0.3, 0.4) is 0 Å². The first-order valence-corrected chi connectivity index (χ1v) is 10.1. The van der Waals surface area contributed by atoms with E-state index in [1.54, 1.807) is 38.1 Å². The van der Waals surface area contributed by atoms with Crippen molar-refractivity contribution in [3.05, 3.63) is 53.3 Å². The first kappa shape index (κ1) is 23.2. The Morgan fingerprint density at radius 3 is 2.20 bits per heavy atom. The number of carbonyl (C=O) groups excluding carboxylic acids is 3. The van der Waals surface area contributed by atoms with Crippen LogP contribution in [0.1, 0.15) is 55.5 Å². The monoisotopic (exact) mass is 413 g/mol. The zero-order chi connectivity index (χ0) is 22.4. The lowest BCUT2D eigenvalue weighted by Gasteiger charge is -2.21. The molecule has 0 fully saturated rings. The number of aryl methyl sites for hydroxylation is 1. The summed E-state index contributed by atoms with van der Waals surface area (Å²) in [6.07, 6.45) is 0. The molecule has 1 atom stereocenters. The zero-order valence-electron chi connectivity index (χ0n) is 18.5. The molecule has 2 N–H and O–H groups in total. The number of benzene rings is 1. The van der Waals surface area contributed by atoms with E-state index in [9.17, 15) is 14.4 Å². The Bertz CT molecular complexity index is 901. The Labute approximate surface area is 177 Å². The van der Waals surface area contributed by atoms with Crippen LogP contribution in [0.15, 0.2) is 36.4 Å². The predicted octanol–water partition coefficient (Wildman–Crippen LogP) is 4.26. The van der Waals surface area contributed by atoms with Crippen LogP contribution in [0.4, 0.5) is 10.5 Å². The predicted molar refractivity (Wildman–Crippen MR) is 117 cm³/mol. The number of ketones is 1.